The number of hydrogen-bond donors (Lipinski definition) is 2. The van der Waals surface area contributed by atoms with E-state index in [4.69, 9.17) is 10.2 Å². The molecule has 0 atom stereocenters. The van der Waals surface area contributed by atoms with E-state index in [0.717, 1.165) is 4.68 Å². The second-order valence-corrected chi connectivity index (χ2v) is 2.16. The summed E-state index contributed by atoms with van der Waals surface area (Å²) < 4.78 is 1.05. The van der Waals surface area contributed by atoms with Crippen LogP contribution in [0.15, 0.2) is 6.58 Å². The lowest BCUT2D eigenvalue weighted by Crippen LogP contribution is -2.07. The minimum atomic E-state index is -1.20. The molecule has 0 aliphatic carbocycles. The van der Waals surface area contributed by atoms with Gasteiger partial charge in [0.15, 0.2) is 11.4 Å². The van der Waals surface area contributed by atoms with E-state index in [2.05, 4.69) is 16.9 Å². The maximum Gasteiger partial charge on any atom is 0.356 e. The first-order valence-electron chi connectivity index (χ1n) is 3.05. The largest absolute Gasteiger partial charge is 0.506 e. The van der Waals surface area contributed by atoms with Gasteiger partial charge in [0, 0.05) is 7.05 Å². The molecule has 0 bridgehead atoms. The summed E-state index contributed by atoms with van der Waals surface area (Å²) in [6, 6.07) is 0. The molecule has 6 heteroatoms. The summed E-state index contributed by atoms with van der Waals surface area (Å²) in [5.74, 6) is -1.60. The van der Waals surface area contributed by atoms with E-state index in [1.807, 2.05) is 0 Å². The molecule has 0 saturated heterocycles. The summed E-state index contributed by atoms with van der Waals surface area (Å²) in [5, 5.41) is 24.4. The molecule has 12 heavy (non-hydrogen) atoms. The van der Waals surface area contributed by atoms with Crippen molar-refractivity contribution >= 4 is 11.7 Å². The zero-order valence-corrected chi connectivity index (χ0v) is 6.35. The monoisotopic (exact) mass is 169 g/mol. The van der Waals surface area contributed by atoms with Crippen molar-refractivity contribution in [3.05, 3.63) is 18.0 Å². The van der Waals surface area contributed by atoms with Crippen LogP contribution in [0.3, 0.4) is 0 Å². The molecular weight excluding hydrogens is 162 g/mol. The fourth-order valence-electron chi connectivity index (χ4n) is 0.791. The van der Waals surface area contributed by atoms with Crippen molar-refractivity contribution < 1.29 is 15.0 Å². The Morgan fingerprint density at radius 2 is 2.17 bits per heavy atom. The second kappa shape index (κ2) is 2.65. The number of carboxylic acid groups (broad SMARTS) is 1. The lowest BCUT2D eigenvalue weighted by atomic mass is 10.3. The number of nitrogens with zero attached hydrogens (tertiary/aromatic N) is 3. The Morgan fingerprint density at radius 1 is 1.58 bits per heavy atom. The molecule has 0 fully saturated rings. The molecule has 1 aromatic rings. The highest BCUT2D eigenvalue weighted by atomic mass is 16.4. The van der Waals surface area contributed by atoms with Crippen LogP contribution >= 0.6 is 0 Å². The molecule has 0 unspecified atom stereocenters. The second-order valence-electron chi connectivity index (χ2n) is 2.16. The number of aliphatic hydroxyl groups excluding tert-OH is 1. The number of carboxylic acids is 1. The first kappa shape index (κ1) is 8.25. The summed E-state index contributed by atoms with van der Waals surface area (Å²) in [4.78, 5) is 10.6. The van der Waals surface area contributed by atoms with E-state index in [9.17, 15) is 4.79 Å². The van der Waals surface area contributed by atoms with E-state index >= 15 is 0 Å². The number of aliphatic hydroxyl groups is 1. The number of rotatable bonds is 2. The third-order valence-corrected chi connectivity index (χ3v) is 1.30. The average molecular weight is 169 g/mol. The van der Waals surface area contributed by atoms with Crippen LogP contribution in [0.25, 0.3) is 5.76 Å². The highest BCUT2D eigenvalue weighted by Gasteiger charge is 2.18. The van der Waals surface area contributed by atoms with Crippen molar-refractivity contribution in [1.29, 1.82) is 0 Å². The summed E-state index contributed by atoms with van der Waals surface area (Å²) in [5.41, 5.74) is -0.285. The Labute approximate surface area is 67.7 Å². The summed E-state index contributed by atoms with van der Waals surface area (Å²) in [6.07, 6.45) is 0. The molecule has 1 heterocycles. The quantitative estimate of drug-likeness (QED) is 0.610. The lowest BCUT2D eigenvalue weighted by Gasteiger charge is -1.95. The van der Waals surface area contributed by atoms with E-state index < -0.39 is 11.7 Å². The number of carbonyl (C=O) groups is 1. The smallest absolute Gasteiger partial charge is 0.356 e. The molecule has 0 saturated carbocycles. The molecule has 0 aliphatic rings. The predicted octanol–water partition coefficient (Wildman–Crippen LogP) is 0.0420. The minimum absolute atomic E-state index is 0.106. The Bertz CT molecular complexity index is 342. The molecule has 0 spiro atoms. The number of aryl methyl sites for hydroxylation is 1. The highest BCUT2D eigenvalue weighted by molar-refractivity contribution is 5.90. The summed E-state index contributed by atoms with van der Waals surface area (Å²) in [6.45, 7) is 3.16. The number of hydrogen-bond acceptors (Lipinski definition) is 4. The molecule has 1 aromatic heterocycles. The summed E-state index contributed by atoms with van der Waals surface area (Å²) in [7, 11) is 1.42. The van der Waals surface area contributed by atoms with Gasteiger partial charge in [-0.15, -0.1) is 5.10 Å². The number of aromatic nitrogens is 3. The Morgan fingerprint density at radius 3 is 2.50 bits per heavy atom. The fourth-order valence-corrected chi connectivity index (χ4v) is 0.791. The minimum Gasteiger partial charge on any atom is -0.506 e. The molecule has 2 N–H and O–H groups in total. The van der Waals surface area contributed by atoms with Crippen LogP contribution in [0.1, 0.15) is 16.2 Å². The molecule has 0 aliphatic heterocycles. The van der Waals surface area contributed by atoms with Crippen molar-refractivity contribution in [2.24, 2.45) is 7.05 Å². The van der Waals surface area contributed by atoms with Crippen molar-refractivity contribution in [3.8, 4) is 0 Å². The van der Waals surface area contributed by atoms with Gasteiger partial charge in [-0.2, -0.15) is 0 Å². The van der Waals surface area contributed by atoms with Gasteiger partial charge in [-0.3, -0.25) is 0 Å². The Kier molecular flexibility index (Phi) is 1.82. The van der Waals surface area contributed by atoms with Crippen LogP contribution in [0.5, 0.6) is 0 Å². The van der Waals surface area contributed by atoms with E-state index in [0.29, 0.717) is 0 Å². The van der Waals surface area contributed by atoms with Crippen LogP contribution < -0.4 is 0 Å². The zero-order valence-electron chi connectivity index (χ0n) is 6.35. The van der Waals surface area contributed by atoms with Crippen LogP contribution in [0, 0.1) is 0 Å². The first-order chi connectivity index (χ1) is 5.54. The van der Waals surface area contributed by atoms with Crippen molar-refractivity contribution in [1.82, 2.24) is 15.0 Å². The third kappa shape index (κ3) is 1.14. The number of aromatic carboxylic acids is 1. The van der Waals surface area contributed by atoms with Crippen molar-refractivity contribution in [2.75, 3.05) is 0 Å². The molecular formula is C6H7N3O3. The average Bonchev–Trinajstić information content (AvgIpc) is 2.30. The van der Waals surface area contributed by atoms with Crippen LogP contribution in [-0.4, -0.2) is 31.2 Å². The molecule has 0 amide bonds. The standard InChI is InChI=1S/C6H7N3O3/c1-3(10)4-5(6(11)12)9(2)8-7-4/h10H,1H2,2H3,(H,11,12). The van der Waals surface area contributed by atoms with Crippen molar-refractivity contribution in [2.45, 2.75) is 0 Å². The van der Waals surface area contributed by atoms with E-state index in [1.165, 1.54) is 7.05 Å². The van der Waals surface area contributed by atoms with Crippen LogP contribution in [-0.2, 0) is 7.05 Å². The van der Waals surface area contributed by atoms with Gasteiger partial charge in [0.25, 0.3) is 0 Å². The van der Waals surface area contributed by atoms with Gasteiger partial charge < -0.3 is 10.2 Å². The third-order valence-electron chi connectivity index (χ3n) is 1.30. The topological polar surface area (TPSA) is 88.2 Å². The SMILES string of the molecule is C=C(O)c1nnn(C)c1C(=O)O. The van der Waals surface area contributed by atoms with Gasteiger partial charge in [-0.1, -0.05) is 11.8 Å². The van der Waals surface area contributed by atoms with E-state index in [-0.39, 0.29) is 11.4 Å². The Balaban J connectivity index is 3.31. The zero-order chi connectivity index (χ0) is 9.30. The van der Waals surface area contributed by atoms with Gasteiger partial charge in [-0.25, -0.2) is 9.48 Å². The Hall–Kier alpha value is -1.85. The summed E-state index contributed by atoms with van der Waals surface area (Å²) >= 11 is 0. The van der Waals surface area contributed by atoms with Gasteiger partial charge in [0.2, 0.25) is 0 Å². The van der Waals surface area contributed by atoms with Gasteiger partial charge >= 0.3 is 5.97 Å². The lowest BCUT2D eigenvalue weighted by molar-refractivity contribution is 0.0684. The van der Waals surface area contributed by atoms with Crippen LogP contribution in [0.4, 0.5) is 0 Å². The normalized spacial score (nSPS) is 9.75. The molecule has 0 aromatic carbocycles. The van der Waals surface area contributed by atoms with Gasteiger partial charge in [0.05, 0.1) is 0 Å². The van der Waals surface area contributed by atoms with Crippen LogP contribution in [0.2, 0.25) is 0 Å². The van der Waals surface area contributed by atoms with Gasteiger partial charge in [-0.05, 0) is 0 Å². The van der Waals surface area contributed by atoms with Gasteiger partial charge in [0.1, 0.15) is 5.76 Å². The molecule has 6 nitrogen and oxygen atoms in total. The molecule has 0 radical (unpaired) electrons. The maximum atomic E-state index is 10.6. The highest BCUT2D eigenvalue weighted by Crippen LogP contribution is 2.10. The maximum absolute atomic E-state index is 10.6. The first-order valence-corrected chi connectivity index (χ1v) is 3.05. The predicted molar refractivity (Wildman–Crippen MR) is 39.6 cm³/mol. The van der Waals surface area contributed by atoms with Crippen molar-refractivity contribution in [3.63, 3.8) is 0 Å². The molecule has 64 valence electrons. The fraction of sp³-hybridized carbons (Fsp3) is 0.167. The van der Waals surface area contributed by atoms with E-state index in [1.54, 1.807) is 0 Å². The molecule has 1 rings (SSSR count).